The van der Waals surface area contributed by atoms with E-state index in [1.165, 1.54) is 17.3 Å². The van der Waals surface area contributed by atoms with Gasteiger partial charge >= 0.3 is 0 Å². The largest absolute Gasteiger partial charge is 0.493 e. The van der Waals surface area contributed by atoms with Gasteiger partial charge < -0.3 is 9.47 Å². The van der Waals surface area contributed by atoms with Crippen molar-refractivity contribution in [3.05, 3.63) is 63.8 Å². The summed E-state index contributed by atoms with van der Waals surface area (Å²) >= 11 is 6.24. The highest BCUT2D eigenvalue weighted by Gasteiger charge is 2.23. The third-order valence-corrected chi connectivity index (χ3v) is 6.37. The number of methoxy groups -OCH3 is 2. The molecule has 1 aliphatic rings. The summed E-state index contributed by atoms with van der Waals surface area (Å²) in [6.07, 6.45) is 1.76. The maximum atomic E-state index is 12.3. The highest BCUT2D eigenvalue weighted by Crippen LogP contribution is 2.37. The zero-order valence-corrected chi connectivity index (χ0v) is 17.4. The molecule has 2 aromatic carbocycles. The molecule has 0 aliphatic carbocycles. The van der Waals surface area contributed by atoms with Crippen molar-refractivity contribution in [1.82, 2.24) is 0 Å². The SMILES string of the molecule is COc1cc(Br)c(/C=C2\N=C(SCc3ccccc3)SC2=O)cc1OC. The van der Waals surface area contributed by atoms with Gasteiger partial charge in [0.05, 0.1) is 14.2 Å². The molecular weight excluding hydrogens is 434 g/mol. The summed E-state index contributed by atoms with van der Waals surface area (Å²) in [5.74, 6) is 2.01. The van der Waals surface area contributed by atoms with E-state index in [0.29, 0.717) is 17.2 Å². The molecule has 0 N–H and O–H groups in total. The van der Waals surface area contributed by atoms with E-state index in [1.807, 2.05) is 30.3 Å². The summed E-state index contributed by atoms with van der Waals surface area (Å²) in [4.78, 5) is 16.8. The van der Waals surface area contributed by atoms with Gasteiger partial charge in [-0.05, 0) is 41.1 Å². The standard InChI is InChI=1S/C19H16BrNO3S2/c1-23-16-9-13(14(20)10-17(16)24-2)8-15-18(22)26-19(21-15)25-11-12-6-4-3-5-7-12/h3-10H,11H2,1-2H3/b15-8-. The Morgan fingerprint density at radius 3 is 2.54 bits per heavy atom. The van der Waals surface area contributed by atoms with Crippen LogP contribution in [0.4, 0.5) is 0 Å². The first-order valence-corrected chi connectivity index (χ1v) is 10.3. The molecule has 3 rings (SSSR count). The normalized spacial score (nSPS) is 15.3. The number of hydrogen-bond acceptors (Lipinski definition) is 6. The predicted molar refractivity (Wildman–Crippen MR) is 113 cm³/mol. The molecule has 0 unspecified atom stereocenters. The van der Waals surface area contributed by atoms with E-state index >= 15 is 0 Å². The van der Waals surface area contributed by atoms with Crippen LogP contribution < -0.4 is 9.47 Å². The quantitative estimate of drug-likeness (QED) is 0.574. The van der Waals surface area contributed by atoms with Crippen molar-refractivity contribution in [3.63, 3.8) is 0 Å². The Morgan fingerprint density at radius 2 is 1.85 bits per heavy atom. The molecule has 0 amide bonds. The summed E-state index contributed by atoms with van der Waals surface area (Å²) < 4.78 is 12.2. The Kier molecular flexibility index (Phi) is 6.45. The second kappa shape index (κ2) is 8.79. The number of nitrogens with zero attached hydrogens (tertiary/aromatic N) is 1. The lowest BCUT2D eigenvalue weighted by atomic mass is 10.1. The average molecular weight is 450 g/mol. The van der Waals surface area contributed by atoms with Gasteiger partial charge in [-0.25, -0.2) is 4.99 Å². The molecule has 0 atom stereocenters. The third kappa shape index (κ3) is 4.52. The van der Waals surface area contributed by atoms with Gasteiger partial charge in [0.2, 0.25) is 5.12 Å². The summed E-state index contributed by atoms with van der Waals surface area (Å²) in [6, 6.07) is 13.8. The molecule has 2 aromatic rings. The van der Waals surface area contributed by atoms with Gasteiger partial charge in [-0.2, -0.15) is 0 Å². The third-order valence-electron chi connectivity index (χ3n) is 3.60. The lowest BCUT2D eigenvalue weighted by Crippen LogP contribution is -1.93. The Labute approximate surface area is 169 Å². The van der Waals surface area contributed by atoms with Crippen molar-refractivity contribution in [1.29, 1.82) is 0 Å². The average Bonchev–Trinajstić information content (AvgIpc) is 3.01. The van der Waals surface area contributed by atoms with E-state index < -0.39 is 0 Å². The first-order chi connectivity index (χ1) is 12.6. The van der Waals surface area contributed by atoms with Crippen molar-refractivity contribution in [3.8, 4) is 11.5 Å². The number of hydrogen-bond donors (Lipinski definition) is 0. The fraction of sp³-hybridized carbons (Fsp3) is 0.158. The van der Waals surface area contributed by atoms with Crippen molar-refractivity contribution < 1.29 is 14.3 Å². The summed E-state index contributed by atoms with van der Waals surface area (Å²) in [5, 5.41) is -0.0535. The molecule has 1 heterocycles. The number of aliphatic imine (C=N–C) groups is 1. The molecule has 26 heavy (non-hydrogen) atoms. The van der Waals surface area contributed by atoms with Crippen LogP contribution in [0.5, 0.6) is 11.5 Å². The van der Waals surface area contributed by atoms with Crippen LogP contribution in [0.3, 0.4) is 0 Å². The molecule has 0 spiro atoms. The number of rotatable bonds is 5. The zero-order valence-electron chi connectivity index (χ0n) is 14.2. The maximum Gasteiger partial charge on any atom is 0.244 e. The van der Waals surface area contributed by atoms with Gasteiger partial charge in [-0.15, -0.1) is 0 Å². The first kappa shape index (κ1) is 19.1. The van der Waals surface area contributed by atoms with Crippen LogP contribution in [0.25, 0.3) is 6.08 Å². The number of ether oxygens (including phenoxy) is 2. The maximum absolute atomic E-state index is 12.3. The van der Waals surface area contributed by atoms with Gasteiger partial charge in [0.15, 0.2) is 11.5 Å². The molecule has 1 aliphatic heterocycles. The Hall–Kier alpha value is -1.70. The Morgan fingerprint density at radius 1 is 1.15 bits per heavy atom. The summed E-state index contributed by atoms with van der Waals surface area (Å²) in [5.41, 5.74) is 2.44. The molecule has 134 valence electrons. The second-order valence-electron chi connectivity index (χ2n) is 5.30. The van der Waals surface area contributed by atoms with E-state index in [-0.39, 0.29) is 5.12 Å². The lowest BCUT2D eigenvalue weighted by Gasteiger charge is -2.09. The monoisotopic (exact) mass is 449 g/mol. The minimum absolute atomic E-state index is 0.0535. The summed E-state index contributed by atoms with van der Waals surface area (Å²) in [7, 11) is 3.16. The molecule has 0 bridgehead atoms. The van der Waals surface area contributed by atoms with Gasteiger partial charge in [0.1, 0.15) is 10.1 Å². The smallest absolute Gasteiger partial charge is 0.244 e. The number of benzene rings is 2. The number of carbonyl (C=O) groups excluding carboxylic acids is 1. The van der Waals surface area contributed by atoms with Crippen LogP contribution in [0.2, 0.25) is 0 Å². The van der Waals surface area contributed by atoms with Crippen LogP contribution in [0.1, 0.15) is 11.1 Å². The van der Waals surface area contributed by atoms with Crippen molar-refractivity contribution in [2.75, 3.05) is 14.2 Å². The molecule has 7 heteroatoms. The van der Waals surface area contributed by atoms with Crippen molar-refractivity contribution in [2.24, 2.45) is 4.99 Å². The van der Waals surface area contributed by atoms with Gasteiger partial charge in [-0.1, -0.05) is 58.0 Å². The molecule has 0 fully saturated rings. The molecule has 0 aromatic heterocycles. The van der Waals surface area contributed by atoms with Crippen LogP contribution in [-0.4, -0.2) is 23.7 Å². The zero-order chi connectivity index (χ0) is 18.5. The van der Waals surface area contributed by atoms with E-state index in [9.17, 15) is 4.79 Å². The topological polar surface area (TPSA) is 47.9 Å². The van der Waals surface area contributed by atoms with Crippen LogP contribution in [-0.2, 0) is 10.5 Å². The first-order valence-electron chi connectivity index (χ1n) is 7.71. The summed E-state index contributed by atoms with van der Waals surface area (Å²) in [6.45, 7) is 0. The fourth-order valence-corrected chi connectivity index (χ4v) is 4.53. The number of carbonyl (C=O) groups is 1. The molecule has 0 radical (unpaired) electrons. The molecular formula is C19H16BrNO3S2. The number of halogens is 1. The van der Waals surface area contributed by atoms with E-state index in [2.05, 4.69) is 33.1 Å². The van der Waals surface area contributed by atoms with Gasteiger partial charge in [0.25, 0.3) is 0 Å². The predicted octanol–water partition coefficient (Wildman–Crippen LogP) is 5.37. The Balaban J connectivity index is 1.80. The van der Waals surface area contributed by atoms with Gasteiger partial charge in [-0.3, -0.25) is 4.79 Å². The molecule has 0 saturated heterocycles. The van der Waals surface area contributed by atoms with Crippen molar-refractivity contribution in [2.45, 2.75) is 5.75 Å². The number of thioether (sulfide) groups is 2. The van der Waals surface area contributed by atoms with Crippen molar-refractivity contribution >= 4 is 55.0 Å². The van der Waals surface area contributed by atoms with Crippen LogP contribution in [0.15, 0.2) is 57.6 Å². The van der Waals surface area contributed by atoms with Crippen LogP contribution in [0, 0.1) is 0 Å². The van der Waals surface area contributed by atoms with E-state index in [0.717, 1.165) is 20.2 Å². The van der Waals surface area contributed by atoms with Gasteiger partial charge in [0, 0.05) is 10.2 Å². The van der Waals surface area contributed by atoms with E-state index in [1.54, 1.807) is 32.1 Å². The van der Waals surface area contributed by atoms with E-state index in [4.69, 9.17) is 9.47 Å². The second-order valence-corrected chi connectivity index (χ2v) is 8.34. The highest BCUT2D eigenvalue weighted by atomic mass is 79.9. The Bertz CT molecular complexity index is 882. The van der Waals surface area contributed by atoms with Crippen LogP contribution >= 0.6 is 39.5 Å². The lowest BCUT2D eigenvalue weighted by molar-refractivity contribution is -0.107. The molecule has 0 saturated carbocycles. The minimum Gasteiger partial charge on any atom is -0.493 e. The highest BCUT2D eigenvalue weighted by molar-refractivity contribution is 9.10. The fourth-order valence-electron chi connectivity index (χ4n) is 2.30. The minimum atomic E-state index is -0.0535. The molecule has 4 nitrogen and oxygen atoms in total.